The Morgan fingerprint density at radius 3 is 2.71 bits per heavy atom. The van der Waals surface area contributed by atoms with Crippen molar-refractivity contribution >= 4 is 21.8 Å². The average molecular weight is 435 g/mol. The highest BCUT2D eigenvalue weighted by atomic mass is 35.5. The summed E-state index contributed by atoms with van der Waals surface area (Å²) in [5.74, 6) is 0.410. The molecule has 1 atom stereocenters. The molecule has 1 saturated heterocycles. The van der Waals surface area contributed by atoms with E-state index in [1.807, 2.05) is 0 Å². The van der Waals surface area contributed by atoms with Crippen LogP contribution in [0.1, 0.15) is 31.0 Å². The van der Waals surface area contributed by atoms with Crippen molar-refractivity contribution in [2.24, 2.45) is 10.6 Å². The van der Waals surface area contributed by atoms with Crippen LogP contribution in [0.15, 0.2) is 22.7 Å². The third kappa shape index (κ3) is 3.71. The van der Waals surface area contributed by atoms with Gasteiger partial charge in [-0.05, 0) is 42.9 Å². The van der Waals surface area contributed by atoms with Crippen LogP contribution in [0.3, 0.4) is 0 Å². The Morgan fingerprint density at radius 2 is 2.07 bits per heavy atom. The van der Waals surface area contributed by atoms with Gasteiger partial charge in [0.15, 0.2) is 5.82 Å². The number of aromatic nitrogens is 2. The summed E-state index contributed by atoms with van der Waals surface area (Å²) >= 11 is 5.85. The summed E-state index contributed by atoms with van der Waals surface area (Å²) in [6.07, 6.45) is 2.11. The summed E-state index contributed by atoms with van der Waals surface area (Å²) < 4.78 is 59.2. The predicted molar refractivity (Wildman–Crippen MR) is 95.1 cm³/mol. The average Bonchev–Trinajstić information content (AvgIpc) is 3.08. The Balaban J connectivity index is 1.51. The number of piperidine rings is 1. The summed E-state index contributed by atoms with van der Waals surface area (Å²) in [5.41, 5.74) is 0.146. The van der Waals surface area contributed by atoms with Crippen LogP contribution in [-0.2, 0) is 10.2 Å². The van der Waals surface area contributed by atoms with Gasteiger partial charge in [0.2, 0.25) is 0 Å². The van der Waals surface area contributed by atoms with E-state index >= 15 is 0 Å². The van der Waals surface area contributed by atoms with Crippen LogP contribution in [-0.4, -0.2) is 42.6 Å². The third-order valence-corrected chi connectivity index (χ3v) is 6.73. The van der Waals surface area contributed by atoms with Gasteiger partial charge in [-0.1, -0.05) is 16.8 Å². The van der Waals surface area contributed by atoms with E-state index in [0.29, 0.717) is 31.8 Å². The molecule has 0 unspecified atom stereocenters. The van der Waals surface area contributed by atoms with Crippen molar-refractivity contribution < 1.29 is 26.5 Å². The van der Waals surface area contributed by atoms with Crippen molar-refractivity contribution in [2.75, 3.05) is 13.1 Å². The zero-order chi connectivity index (χ0) is 20.1. The Hall–Kier alpha value is -1.82. The van der Waals surface area contributed by atoms with Crippen molar-refractivity contribution in [1.82, 2.24) is 14.4 Å². The molecule has 2 heterocycles. The van der Waals surface area contributed by atoms with Crippen LogP contribution in [0.25, 0.3) is 11.5 Å². The highest BCUT2D eigenvalue weighted by molar-refractivity contribution is 7.86. The molecule has 2 aliphatic rings. The van der Waals surface area contributed by atoms with E-state index in [1.165, 1.54) is 22.5 Å². The smallest absolute Gasteiger partial charge is 0.387 e. The molecule has 0 radical (unpaired) electrons. The van der Waals surface area contributed by atoms with Crippen LogP contribution in [0, 0.1) is 5.41 Å². The lowest BCUT2D eigenvalue weighted by Gasteiger charge is -2.30. The van der Waals surface area contributed by atoms with Gasteiger partial charge in [-0.3, -0.25) is 0 Å². The maximum atomic E-state index is 12.7. The molecule has 0 bridgehead atoms. The fraction of sp³-hybridized carbons (Fsp3) is 0.500. The van der Waals surface area contributed by atoms with E-state index in [2.05, 4.69) is 14.9 Å². The van der Waals surface area contributed by atoms with E-state index in [4.69, 9.17) is 21.3 Å². The van der Waals surface area contributed by atoms with Crippen molar-refractivity contribution in [2.45, 2.75) is 31.8 Å². The molecule has 1 spiro atoms. The molecular weight excluding hydrogens is 418 g/mol. The van der Waals surface area contributed by atoms with Gasteiger partial charge in [-0.25, -0.2) is 5.14 Å². The van der Waals surface area contributed by atoms with Crippen molar-refractivity contribution in [3.63, 3.8) is 0 Å². The Morgan fingerprint density at radius 1 is 1.36 bits per heavy atom. The molecule has 152 valence electrons. The Labute approximate surface area is 164 Å². The van der Waals surface area contributed by atoms with Crippen molar-refractivity contribution in [1.29, 1.82) is 0 Å². The first-order valence-electron chi connectivity index (χ1n) is 8.54. The summed E-state index contributed by atoms with van der Waals surface area (Å²) in [7, 11) is -3.68. The lowest BCUT2D eigenvalue weighted by Crippen LogP contribution is -2.43. The zero-order valence-electron chi connectivity index (χ0n) is 14.5. The van der Waals surface area contributed by atoms with E-state index < -0.39 is 16.8 Å². The van der Waals surface area contributed by atoms with Gasteiger partial charge in [0, 0.05) is 24.0 Å². The Kier molecular flexibility index (Phi) is 4.81. The standard InChI is InChI=1S/C16H17ClF2N4O4S/c17-9-1-2-10(12(7-9)26-15(18)19)14-21-13(22-27-14)11-8-16(11)3-5-23(6-4-16)28(20,24)25/h1-2,7,11,15H,3-6,8H2,(H2,20,24,25)/t11-/m0/s1. The number of nitrogens with zero attached hydrogens (tertiary/aromatic N) is 3. The van der Waals surface area contributed by atoms with E-state index in [1.54, 1.807) is 0 Å². The second kappa shape index (κ2) is 6.90. The van der Waals surface area contributed by atoms with Gasteiger partial charge < -0.3 is 9.26 Å². The number of ether oxygens (including phenoxy) is 1. The molecular formula is C16H17ClF2N4O4S. The van der Waals surface area contributed by atoms with Gasteiger partial charge in [0.1, 0.15) is 5.75 Å². The quantitative estimate of drug-likeness (QED) is 0.774. The minimum atomic E-state index is -3.68. The van der Waals surface area contributed by atoms with Crippen LogP contribution in [0.5, 0.6) is 5.75 Å². The fourth-order valence-electron chi connectivity index (χ4n) is 3.80. The number of benzene rings is 1. The SMILES string of the molecule is NS(=O)(=O)N1CCC2(CC1)C[C@H]2c1noc(-c2ccc(Cl)cc2OC(F)F)n1. The lowest BCUT2D eigenvalue weighted by atomic mass is 9.92. The van der Waals surface area contributed by atoms with Crippen molar-refractivity contribution in [3.8, 4) is 17.2 Å². The maximum absolute atomic E-state index is 12.7. The molecule has 2 N–H and O–H groups in total. The van der Waals surface area contributed by atoms with E-state index in [9.17, 15) is 17.2 Å². The van der Waals surface area contributed by atoms with Gasteiger partial charge in [0.05, 0.1) is 5.56 Å². The highest BCUT2D eigenvalue weighted by Crippen LogP contribution is 2.64. The summed E-state index contributed by atoms with van der Waals surface area (Å²) in [6, 6.07) is 4.25. The number of alkyl halides is 2. The first-order valence-corrected chi connectivity index (χ1v) is 10.4. The largest absolute Gasteiger partial charge is 0.434 e. The Bertz CT molecular complexity index is 992. The minimum absolute atomic E-state index is 0.0272. The number of halogens is 3. The number of hydrogen-bond acceptors (Lipinski definition) is 6. The van der Waals surface area contributed by atoms with Gasteiger partial charge in [-0.2, -0.15) is 26.5 Å². The van der Waals surface area contributed by atoms with Crippen molar-refractivity contribution in [3.05, 3.63) is 29.0 Å². The summed E-state index contributed by atoms with van der Waals surface area (Å²) in [6.45, 7) is -2.32. The number of nitrogens with two attached hydrogens (primary N) is 1. The second-order valence-electron chi connectivity index (χ2n) is 7.04. The first kappa shape index (κ1) is 19.5. The third-order valence-electron chi connectivity index (χ3n) is 5.41. The number of hydrogen-bond donors (Lipinski definition) is 1. The second-order valence-corrected chi connectivity index (χ2v) is 9.02. The molecule has 8 nitrogen and oxygen atoms in total. The van der Waals surface area contributed by atoms with E-state index in [-0.39, 0.29) is 33.6 Å². The fourth-order valence-corrected chi connectivity index (χ4v) is 4.66. The molecule has 1 aliphatic carbocycles. The molecule has 1 aromatic heterocycles. The number of rotatable bonds is 5. The van der Waals surface area contributed by atoms with Gasteiger partial charge >= 0.3 is 6.61 Å². The van der Waals surface area contributed by atoms with Crippen LogP contribution in [0.4, 0.5) is 8.78 Å². The molecule has 1 saturated carbocycles. The summed E-state index contributed by atoms with van der Waals surface area (Å²) in [5, 5.41) is 9.41. The molecule has 12 heteroatoms. The molecule has 2 aromatic rings. The zero-order valence-corrected chi connectivity index (χ0v) is 16.1. The van der Waals surface area contributed by atoms with Crippen LogP contribution >= 0.6 is 11.6 Å². The first-order chi connectivity index (χ1) is 13.2. The minimum Gasteiger partial charge on any atom is -0.434 e. The molecule has 4 rings (SSSR count). The molecule has 28 heavy (non-hydrogen) atoms. The maximum Gasteiger partial charge on any atom is 0.387 e. The molecule has 0 amide bonds. The topological polar surface area (TPSA) is 112 Å². The van der Waals surface area contributed by atoms with Gasteiger partial charge in [0.25, 0.3) is 16.1 Å². The molecule has 1 aromatic carbocycles. The summed E-state index contributed by atoms with van der Waals surface area (Å²) in [4.78, 5) is 4.36. The predicted octanol–water partition coefficient (Wildman–Crippen LogP) is 2.76. The van der Waals surface area contributed by atoms with Crippen LogP contribution in [0.2, 0.25) is 5.02 Å². The molecule has 2 fully saturated rings. The van der Waals surface area contributed by atoms with Crippen LogP contribution < -0.4 is 9.88 Å². The van der Waals surface area contributed by atoms with Gasteiger partial charge in [-0.15, -0.1) is 0 Å². The highest BCUT2D eigenvalue weighted by Gasteiger charge is 2.58. The lowest BCUT2D eigenvalue weighted by molar-refractivity contribution is -0.0495. The van der Waals surface area contributed by atoms with E-state index in [0.717, 1.165) is 6.42 Å². The monoisotopic (exact) mass is 434 g/mol. The normalized spacial score (nSPS) is 22.0. The molecule has 1 aliphatic heterocycles.